The molecule has 6 heavy (non-hydrogen) atoms. The molecule has 0 spiro atoms. The van der Waals surface area contributed by atoms with Crippen LogP contribution in [0.5, 0.6) is 0 Å². The second kappa shape index (κ2) is 1.49. The molecule has 0 bridgehead atoms. The van der Waals surface area contributed by atoms with Crippen molar-refractivity contribution in [2.24, 2.45) is 0 Å². The van der Waals surface area contributed by atoms with E-state index in [0.29, 0.717) is 6.61 Å². The standard InChI is InChI=1S/C3H4ClNO/c4-3-1-5-6-2-3/h1,5H,2H2. The number of hydroxylamine groups is 1. The molecule has 0 aromatic carbocycles. The fourth-order valence-corrected chi connectivity index (χ4v) is 0.357. The van der Waals surface area contributed by atoms with Crippen molar-refractivity contribution < 1.29 is 4.84 Å². The summed E-state index contributed by atoms with van der Waals surface area (Å²) in [5.41, 5.74) is 2.48. The van der Waals surface area contributed by atoms with Gasteiger partial charge in [-0.1, -0.05) is 11.6 Å². The van der Waals surface area contributed by atoms with Crippen molar-refractivity contribution in [2.75, 3.05) is 6.61 Å². The SMILES string of the molecule is ClC1=CNOC1. The lowest BCUT2D eigenvalue weighted by Crippen LogP contribution is -1.96. The first kappa shape index (κ1) is 3.96. The summed E-state index contributed by atoms with van der Waals surface area (Å²) in [6.45, 7) is 0.502. The Morgan fingerprint density at radius 3 is 3.00 bits per heavy atom. The molecule has 1 aliphatic heterocycles. The maximum absolute atomic E-state index is 5.39. The third kappa shape index (κ3) is 0.640. The Labute approximate surface area is 40.7 Å². The Hall–Kier alpha value is -0.210. The molecule has 0 radical (unpaired) electrons. The Bertz CT molecular complexity index is 80.9. The Kier molecular flexibility index (Phi) is 0.986. The van der Waals surface area contributed by atoms with Gasteiger partial charge in [0.05, 0.1) is 5.03 Å². The van der Waals surface area contributed by atoms with Crippen LogP contribution < -0.4 is 5.48 Å². The normalized spacial score (nSPS) is 19.8. The van der Waals surface area contributed by atoms with Crippen LogP contribution in [0.4, 0.5) is 0 Å². The monoisotopic (exact) mass is 105 g/mol. The van der Waals surface area contributed by atoms with Gasteiger partial charge in [0.2, 0.25) is 0 Å². The van der Waals surface area contributed by atoms with Crippen LogP contribution >= 0.6 is 11.6 Å². The average molecular weight is 106 g/mol. The Morgan fingerprint density at radius 2 is 2.83 bits per heavy atom. The zero-order valence-electron chi connectivity index (χ0n) is 3.07. The molecule has 1 aliphatic rings. The molecule has 0 fully saturated rings. The van der Waals surface area contributed by atoms with Crippen LogP contribution in [0.2, 0.25) is 0 Å². The van der Waals surface area contributed by atoms with E-state index in [4.69, 9.17) is 11.6 Å². The maximum Gasteiger partial charge on any atom is 0.112 e. The van der Waals surface area contributed by atoms with E-state index in [-0.39, 0.29) is 0 Å². The third-order valence-electron chi connectivity index (χ3n) is 0.509. The highest BCUT2D eigenvalue weighted by molar-refractivity contribution is 6.29. The van der Waals surface area contributed by atoms with Gasteiger partial charge in [0.25, 0.3) is 0 Å². The first-order valence-corrected chi connectivity index (χ1v) is 1.99. The van der Waals surface area contributed by atoms with Crippen LogP contribution in [0.25, 0.3) is 0 Å². The molecule has 0 amide bonds. The maximum atomic E-state index is 5.39. The van der Waals surface area contributed by atoms with Crippen molar-refractivity contribution in [1.82, 2.24) is 5.48 Å². The lowest BCUT2D eigenvalue weighted by molar-refractivity contribution is 0.114. The minimum atomic E-state index is 0.502. The summed E-state index contributed by atoms with van der Waals surface area (Å²) < 4.78 is 0. The van der Waals surface area contributed by atoms with Crippen LogP contribution in [0.3, 0.4) is 0 Å². The van der Waals surface area contributed by atoms with E-state index in [1.54, 1.807) is 6.20 Å². The van der Waals surface area contributed by atoms with Gasteiger partial charge in [-0.2, -0.15) is 0 Å². The molecule has 2 nitrogen and oxygen atoms in total. The van der Waals surface area contributed by atoms with Crippen molar-refractivity contribution in [2.45, 2.75) is 0 Å². The van der Waals surface area contributed by atoms with Gasteiger partial charge in [-0.05, 0) is 0 Å². The van der Waals surface area contributed by atoms with E-state index in [0.717, 1.165) is 5.03 Å². The van der Waals surface area contributed by atoms with Crippen LogP contribution in [0.1, 0.15) is 0 Å². The average Bonchev–Trinajstić information content (AvgIpc) is 1.86. The van der Waals surface area contributed by atoms with Gasteiger partial charge in [-0.3, -0.25) is 10.3 Å². The van der Waals surface area contributed by atoms with E-state index >= 15 is 0 Å². The van der Waals surface area contributed by atoms with Crippen molar-refractivity contribution in [1.29, 1.82) is 0 Å². The lowest BCUT2D eigenvalue weighted by Gasteiger charge is -1.82. The number of hydrogen-bond acceptors (Lipinski definition) is 2. The molecular formula is C3H4ClNO. The highest BCUT2D eigenvalue weighted by Crippen LogP contribution is 2.02. The summed E-state index contributed by atoms with van der Waals surface area (Å²) >= 11 is 5.39. The highest BCUT2D eigenvalue weighted by Gasteiger charge is 1.96. The van der Waals surface area contributed by atoms with Crippen molar-refractivity contribution in [3.63, 3.8) is 0 Å². The molecular weight excluding hydrogens is 101 g/mol. The fraction of sp³-hybridized carbons (Fsp3) is 0.333. The van der Waals surface area contributed by atoms with Crippen molar-refractivity contribution in [3.8, 4) is 0 Å². The van der Waals surface area contributed by atoms with E-state index < -0.39 is 0 Å². The first-order chi connectivity index (χ1) is 2.89. The van der Waals surface area contributed by atoms with Crippen LogP contribution in [-0.4, -0.2) is 6.61 Å². The number of nitrogens with one attached hydrogen (secondary N) is 1. The van der Waals surface area contributed by atoms with E-state index in [9.17, 15) is 0 Å². The molecule has 0 aromatic heterocycles. The van der Waals surface area contributed by atoms with E-state index in [2.05, 4.69) is 10.3 Å². The quantitative estimate of drug-likeness (QED) is 0.487. The predicted octanol–water partition coefficient (Wildman–Crippen LogP) is 0.601. The summed E-state index contributed by atoms with van der Waals surface area (Å²) in [7, 11) is 0. The number of hydrogen-bond donors (Lipinski definition) is 1. The topological polar surface area (TPSA) is 21.3 Å². The summed E-state index contributed by atoms with van der Waals surface area (Å²) in [5, 5.41) is 0.718. The first-order valence-electron chi connectivity index (χ1n) is 1.61. The molecule has 0 saturated carbocycles. The largest absolute Gasteiger partial charge is 0.273 e. The molecule has 1 rings (SSSR count). The van der Waals surface area contributed by atoms with Crippen LogP contribution in [0, 0.1) is 0 Å². The van der Waals surface area contributed by atoms with Crippen LogP contribution in [0.15, 0.2) is 11.2 Å². The minimum Gasteiger partial charge on any atom is -0.273 e. The number of rotatable bonds is 0. The molecule has 34 valence electrons. The van der Waals surface area contributed by atoms with Crippen LogP contribution in [-0.2, 0) is 4.84 Å². The van der Waals surface area contributed by atoms with E-state index in [1.807, 2.05) is 0 Å². The fourth-order valence-electron chi connectivity index (χ4n) is 0.258. The predicted molar refractivity (Wildman–Crippen MR) is 23.0 cm³/mol. The molecule has 1 heterocycles. The van der Waals surface area contributed by atoms with Gasteiger partial charge < -0.3 is 0 Å². The molecule has 0 aliphatic carbocycles. The smallest absolute Gasteiger partial charge is 0.112 e. The van der Waals surface area contributed by atoms with E-state index in [1.165, 1.54) is 0 Å². The van der Waals surface area contributed by atoms with Gasteiger partial charge in [0, 0.05) is 6.20 Å². The molecule has 0 saturated heterocycles. The summed E-state index contributed by atoms with van der Waals surface area (Å²) in [6, 6.07) is 0. The summed E-state index contributed by atoms with van der Waals surface area (Å²) in [6.07, 6.45) is 1.61. The van der Waals surface area contributed by atoms with Gasteiger partial charge >= 0.3 is 0 Å². The van der Waals surface area contributed by atoms with Gasteiger partial charge in [-0.15, -0.1) is 0 Å². The second-order valence-electron chi connectivity index (χ2n) is 0.998. The molecule has 0 atom stereocenters. The zero-order chi connectivity index (χ0) is 4.41. The zero-order valence-corrected chi connectivity index (χ0v) is 3.83. The molecule has 0 aromatic rings. The Morgan fingerprint density at radius 1 is 2.00 bits per heavy atom. The Balaban J connectivity index is 2.45. The molecule has 3 heteroatoms. The second-order valence-corrected chi connectivity index (χ2v) is 1.48. The highest BCUT2D eigenvalue weighted by atomic mass is 35.5. The summed E-state index contributed by atoms with van der Waals surface area (Å²) in [5.74, 6) is 0. The summed E-state index contributed by atoms with van der Waals surface area (Å²) in [4.78, 5) is 4.58. The number of halogens is 1. The van der Waals surface area contributed by atoms with Gasteiger partial charge in [-0.25, -0.2) is 0 Å². The van der Waals surface area contributed by atoms with Gasteiger partial charge in [0.15, 0.2) is 0 Å². The minimum absolute atomic E-state index is 0.502. The molecule has 0 unspecified atom stereocenters. The van der Waals surface area contributed by atoms with Crippen molar-refractivity contribution in [3.05, 3.63) is 11.2 Å². The molecule has 1 N–H and O–H groups in total. The van der Waals surface area contributed by atoms with Crippen molar-refractivity contribution >= 4 is 11.6 Å². The lowest BCUT2D eigenvalue weighted by atomic mass is 10.7. The van der Waals surface area contributed by atoms with Gasteiger partial charge in [0.1, 0.15) is 6.61 Å². The third-order valence-corrected chi connectivity index (χ3v) is 0.727.